The first-order valence-electron chi connectivity index (χ1n) is 12.9. The van der Waals surface area contributed by atoms with E-state index in [1.807, 2.05) is 27.7 Å². The minimum atomic E-state index is -4.29. The van der Waals surface area contributed by atoms with Gasteiger partial charge in [-0.1, -0.05) is 6.07 Å². The van der Waals surface area contributed by atoms with Crippen LogP contribution in [0.1, 0.15) is 73.1 Å². The maximum absolute atomic E-state index is 13.3. The molecule has 11 heteroatoms. The highest BCUT2D eigenvalue weighted by Gasteiger charge is 2.52. The third-order valence-electron chi connectivity index (χ3n) is 8.18. The molecule has 0 spiro atoms. The van der Waals surface area contributed by atoms with E-state index in [0.29, 0.717) is 0 Å². The summed E-state index contributed by atoms with van der Waals surface area (Å²) in [5.41, 5.74) is 4.31. The number of aryl methyl sites for hydroxylation is 2. The number of ether oxygens (including phenoxy) is 1. The number of urea groups is 1. The molecule has 1 fully saturated rings. The molecule has 2 N–H and O–H groups in total. The first-order valence-corrected chi connectivity index (χ1v) is 14.4. The van der Waals surface area contributed by atoms with Crippen LogP contribution in [0.2, 0.25) is 0 Å². The summed E-state index contributed by atoms with van der Waals surface area (Å²) in [7, 11) is -4.06. The Bertz CT molecular complexity index is 1390. The number of carbonyl (C=O) groups excluding carboxylic acids is 2. The molecule has 0 aromatic heterocycles. The number of carbonyl (C=O) groups is 2. The fraction of sp³-hybridized carbons (Fsp3) is 0.481. The van der Waals surface area contributed by atoms with Crippen LogP contribution in [-0.2, 0) is 49.8 Å². The second kappa shape index (κ2) is 9.39. The number of rotatable bonds is 5. The van der Waals surface area contributed by atoms with Gasteiger partial charge < -0.3 is 19.4 Å². The van der Waals surface area contributed by atoms with Gasteiger partial charge in [0.1, 0.15) is 0 Å². The summed E-state index contributed by atoms with van der Waals surface area (Å²) < 4.78 is 45.8. The zero-order valence-corrected chi connectivity index (χ0v) is 23.2. The Morgan fingerprint density at radius 2 is 1.50 bits per heavy atom. The van der Waals surface area contributed by atoms with Gasteiger partial charge in [-0.25, -0.2) is 22.7 Å². The number of benzene rings is 2. The van der Waals surface area contributed by atoms with E-state index in [9.17, 15) is 18.0 Å². The lowest BCUT2D eigenvalue weighted by molar-refractivity contribution is 0.00578. The third kappa shape index (κ3) is 4.61. The van der Waals surface area contributed by atoms with E-state index < -0.39 is 40.3 Å². The first kappa shape index (κ1) is 26.7. The predicted octanol–water partition coefficient (Wildman–Crippen LogP) is 3.26. The maximum atomic E-state index is 13.3. The molecule has 202 valence electrons. The van der Waals surface area contributed by atoms with Crippen molar-refractivity contribution in [3.05, 3.63) is 52.1 Å². The van der Waals surface area contributed by atoms with Gasteiger partial charge in [0.05, 0.1) is 28.8 Å². The number of esters is 1. The second-order valence-electron chi connectivity index (χ2n) is 11.1. The van der Waals surface area contributed by atoms with Gasteiger partial charge in [0, 0.05) is 5.69 Å². The van der Waals surface area contributed by atoms with Crippen LogP contribution in [0.3, 0.4) is 0 Å². The quantitative estimate of drug-likeness (QED) is 0.441. The Hall–Kier alpha value is -2.89. The van der Waals surface area contributed by atoms with E-state index in [1.54, 1.807) is 0 Å². The summed E-state index contributed by atoms with van der Waals surface area (Å²) in [6.45, 7) is 7.42. The number of fused-ring (bicyclic) bond motifs is 2. The maximum Gasteiger partial charge on any atom is 0.495 e. The molecule has 38 heavy (non-hydrogen) atoms. The minimum Gasteiger partial charge on any atom is -0.465 e. The van der Waals surface area contributed by atoms with Gasteiger partial charge in [-0.05, 0) is 112 Å². The van der Waals surface area contributed by atoms with E-state index in [0.717, 1.165) is 55.3 Å². The molecule has 1 heterocycles. The number of hydrogen-bond donors (Lipinski definition) is 2. The average molecular weight is 540 g/mol. The van der Waals surface area contributed by atoms with Crippen molar-refractivity contribution >= 4 is 40.3 Å². The average Bonchev–Trinajstić information content (AvgIpc) is 3.55. The summed E-state index contributed by atoms with van der Waals surface area (Å²) >= 11 is 0. The van der Waals surface area contributed by atoms with Gasteiger partial charge in [-0.2, -0.15) is 0 Å². The minimum absolute atomic E-state index is 0.116. The van der Waals surface area contributed by atoms with E-state index in [1.165, 1.54) is 36.4 Å². The first-order chi connectivity index (χ1) is 17.8. The van der Waals surface area contributed by atoms with Crippen LogP contribution in [-0.4, -0.2) is 45.8 Å². The molecule has 1 saturated heterocycles. The lowest BCUT2D eigenvalue weighted by atomic mass is 9.76. The summed E-state index contributed by atoms with van der Waals surface area (Å²) in [6.07, 6.45) is 5.67. The largest absolute Gasteiger partial charge is 0.495 e. The fourth-order valence-corrected chi connectivity index (χ4v) is 6.40. The van der Waals surface area contributed by atoms with Crippen LogP contribution >= 0.6 is 0 Å². The summed E-state index contributed by atoms with van der Waals surface area (Å²) in [5, 5.41) is 2.85. The lowest BCUT2D eigenvalue weighted by Crippen LogP contribution is -2.41. The molecule has 0 atom stereocenters. The van der Waals surface area contributed by atoms with Gasteiger partial charge in [0.25, 0.3) is 10.0 Å². The van der Waals surface area contributed by atoms with E-state index in [-0.39, 0.29) is 15.9 Å². The van der Waals surface area contributed by atoms with Crippen LogP contribution < -0.4 is 15.5 Å². The number of amides is 2. The molecule has 2 amide bonds. The van der Waals surface area contributed by atoms with Crippen molar-refractivity contribution in [3.63, 3.8) is 0 Å². The standard InChI is InChI=1S/C27H33BN2O7S/c1-26(2)27(3,4)37-28(36-26)22-15-18(12-13-21(22)24(31)35-5)38(33,34)30-25(32)29-23-19-10-6-8-16(19)14-17-9-7-11-20(17)23/h12-15H,6-11H2,1-5H3,(H2,29,30,32). The molecule has 2 aromatic carbocycles. The second-order valence-corrected chi connectivity index (χ2v) is 12.8. The highest BCUT2D eigenvalue weighted by atomic mass is 32.2. The molecule has 9 nitrogen and oxygen atoms in total. The van der Waals surface area contributed by atoms with Crippen LogP contribution in [0, 0.1) is 0 Å². The molecular weight excluding hydrogens is 507 g/mol. The molecule has 2 aliphatic carbocycles. The van der Waals surface area contributed by atoms with Crippen molar-refractivity contribution in [1.29, 1.82) is 0 Å². The summed E-state index contributed by atoms with van der Waals surface area (Å²) in [5.74, 6) is -0.656. The number of anilines is 1. The van der Waals surface area contributed by atoms with Gasteiger partial charge in [0.2, 0.25) is 0 Å². The molecule has 5 rings (SSSR count). The monoisotopic (exact) mass is 540 g/mol. The van der Waals surface area contributed by atoms with Crippen molar-refractivity contribution in [2.45, 2.75) is 82.3 Å². The molecule has 1 aliphatic heterocycles. The van der Waals surface area contributed by atoms with Gasteiger partial charge in [-0.15, -0.1) is 0 Å². The Kier molecular flexibility index (Phi) is 6.60. The van der Waals surface area contributed by atoms with E-state index in [4.69, 9.17) is 14.0 Å². The van der Waals surface area contributed by atoms with Gasteiger partial charge in [0.15, 0.2) is 0 Å². The molecule has 2 aromatic rings. The van der Waals surface area contributed by atoms with E-state index in [2.05, 4.69) is 16.1 Å². The van der Waals surface area contributed by atoms with Crippen LogP contribution in [0.25, 0.3) is 0 Å². The van der Waals surface area contributed by atoms with Gasteiger partial charge in [-0.3, -0.25) is 0 Å². The number of nitrogens with one attached hydrogen (secondary N) is 2. The predicted molar refractivity (Wildman–Crippen MR) is 143 cm³/mol. The normalized spacial score (nSPS) is 19.1. The van der Waals surface area contributed by atoms with Crippen molar-refractivity contribution in [1.82, 2.24) is 4.72 Å². The van der Waals surface area contributed by atoms with E-state index >= 15 is 0 Å². The highest BCUT2D eigenvalue weighted by Crippen LogP contribution is 2.39. The molecule has 0 radical (unpaired) electrons. The zero-order valence-electron chi connectivity index (χ0n) is 22.4. The third-order valence-corrected chi connectivity index (χ3v) is 9.51. The Balaban J connectivity index is 1.43. The summed E-state index contributed by atoms with van der Waals surface area (Å²) in [6, 6.07) is 5.31. The van der Waals surface area contributed by atoms with Crippen molar-refractivity contribution in [2.24, 2.45) is 0 Å². The number of hydrogen-bond acceptors (Lipinski definition) is 7. The topological polar surface area (TPSA) is 120 Å². The van der Waals surface area contributed by atoms with Gasteiger partial charge >= 0.3 is 19.1 Å². The van der Waals surface area contributed by atoms with Crippen molar-refractivity contribution in [2.75, 3.05) is 12.4 Å². The Labute approximate surface area is 223 Å². The molecule has 0 bridgehead atoms. The molecular formula is C27H33BN2O7S. The fourth-order valence-electron chi connectivity index (χ4n) is 5.46. The van der Waals surface area contributed by atoms with Crippen molar-refractivity contribution < 1.29 is 32.1 Å². The Morgan fingerprint density at radius 1 is 0.921 bits per heavy atom. The van der Waals surface area contributed by atoms with Crippen LogP contribution in [0.4, 0.5) is 10.5 Å². The molecule has 3 aliphatic rings. The lowest BCUT2D eigenvalue weighted by Gasteiger charge is -2.32. The zero-order chi connectivity index (χ0) is 27.5. The Morgan fingerprint density at radius 3 is 2.05 bits per heavy atom. The van der Waals surface area contributed by atoms with Crippen molar-refractivity contribution in [3.8, 4) is 0 Å². The number of methoxy groups -OCH3 is 1. The van der Waals surface area contributed by atoms with Crippen LogP contribution in [0.5, 0.6) is 0 Å². The smallest absolute Gasteiger partial charge is 0.465 e. The van der Waals surface area contributed by atoms with Crippen LogP contribution in [0.15, 0.2) is 29.2 Å². The SMILES string of the molecule is COC(=O)c1ccc(S(=O)(=O)NC(=O)Nc2c3c(cc4c2CCC4)CCC3)cc1B1OC(C)(C)C(C)(C)O1. The summed E-state index contributed by atoms with van der Waals surface area (Å²) in [4.78, 5) is 25.3. The molecule has 0 unspecified atom stereocenters. The molecule has 0 saturated carbocycles. The highest BCUT2D eigenvalue weighted by molar-refractivity contribution is 7.90. The number of sulfonamides is 1.